The molecule has 1 saturated carbocycles. The van der Waals surface area contributed by atoms with Gasteiger partial charge in [-0.05, 0) is 25.0 Å². The second-order valence-corrected chi connectivity index (χ2v) is 4.98. The average molecular weight is 246 g/mol. The van der Waals surface area contributed by atoms with E-state index in [1.807, 2.05) is 36.2 Å². The number of ether oxygens (including phenoxy) is 1. The summed E-state index contributed by atoms with van der Waals surface area (Å²) < 4.78 is 5.23. The maximum atomic E-state index is 8.34. The first-order valence-corrected chi connectivity index (χ1v) is 6.68. The van der Waals surface area contributed by atoms with Gasteiger partial charge in [0.15, 0.2) is 0 Å². The molecule has 0 aromatic heterocycles. The number of nitrogens with zero attached hydrogens (tertiary/aromatic N) is 1. The summed E-state index contributed by atoms with van der Waals surface area (Å²) >= 11 is 0. The monoisotopic (exact) mass is 246 g/mol. The third-order valence-corrected chi connectivity index (χ3v) is 3.79. The summed E-state index contributed by atoms with van der Waals surface area (Å²) in [4.78, 5) is 1.98. The van der Waals surface area contributed by atoms with Gasteiger partial charge in [-0.25, -0.2) is 0 Å². The Kier molecular flexibility index (Phi) is 4.24. The molecule has 98 valence electrons. The molecule has 1 aliphatic carbocycles. The molecule has 0 aliphatic heterocycles. The van der Waals surface area contributed by atoms with Gasteiger partial charge in [-0.2, -0.15) is 0 Å². The summed E-state index contributed by atoms with van der Waals surface area (Å²) in [6.07, 6.45) is 6.17. The van der Waals surface area contributed by atoms with Gasteiger partial charge in [-0.1, -0.05) is 25.3 Å². The highest BCUT2D eigenvalue weighted by atomic mass is 16.5. The van der Waals surface area contributed by atoms with Crippen LogP contribution in [0.15, 0.2) is 24.3 Å². The minimum Gasteiger partial charge on any atom is -0.497 e. The van der Waals surface area contributed by atoms with E-state index in [0.29, 0.717) is 5.92 Å². The molecule has 0 atom stereocenters. The van der Waals surface area contributed by atoms with Crippen molar-refractivity contribution in [1.82, 2.24) is 0 Å². The topological polar surface area (TPSA) is 36.3 Å². The smallest absolute Gasteiger partial charge is 0.120 e. The molecule has 0 heterocycles. The molecule has 18 heavy (non-hydrogen) atoms. The van der Waals surface area contributed by atoms with E-state index in [9.17, 15) is 0 Å². The Labute approximate surface area is 109 Å². The Morgan fingerprint density at radius 3 is 2.67 bits per heavy atom. The highest BCUT2D eigenvalue weighted by Gasteiger charge is 2.21. The Morgan fingerprint density at radius 1 is 1.28 bits per heavy atom. The highest BCUT2D eigenvalue weighted by Crippen LogP contribution is 2.28. The minimum atomic E-state index is 0.426. The van der Waals surface area contributed by atoms with Crippen LogP contribution in [0.2, 0.25) is 0 Å². The van der Waals surface area contributed by atoms with E-state index < -0.39 is 0 Å². The Bertz CT molecular complexity index is 411. The molecule has 3 nitrogen and oxygen atoms in total. The van der Waals surface area contributed by atoms with E-state index >= 15 is 0 Å². The van der Waals surface area contributed by atoms with Crippen LogP contribution in [0, 0.1) is 11.3 Å². The van der Waals surface area contributed by atoms with Crippen LogP contribution in [0.1, 0.15) is 32.1 Å². The lowest BCUT2D eigenvalue weighted by molar-refractivity contribution is 0.415. The van der Waals surface area contributed by atoms with Crippen molar-refractivity contribution in [1.29, 1.82) is 5.41 Å². The maximum absolute atomic E-state index is 8.34. The van der Waals surface area contributed by atoms with E-state index in [0.717, 1.165) is 30.1 Å². The van der Waals surface area contributed by atoms with Crippen molar-refractivity contribution in [2.45, 2.75) is 32.1 Å². The van der Waals surface area contributed by atoms with Crippen LogP contribution in [0.3, 0.4) is 0 Å². The summed E-state index contributed by atoms with van der Waals surface area (Å²) in [5, 5.41) is 8.34. The second kappa shape index (κ2) is 5.89. The Morgan fingerprint density at radius 2 is 2.00 bits per heavy atom. The lowest BCUT2D eigenvalue weighted by Gasteiger charge is -2.29. The standard InChI is InChI=1S/C15H22N2O/c1-17(13-9-6-10-14(11-13)18-2)15(16)12-7-4-3-5-8-12/h6,9-12,16H,3-5,7-8H2,1-2H3. The van der Waals surface area contributed by atoms with Crippen molar-refractivity contribution in [3.8, 4) is 5.75 Å². The molecule has 0 amide bonds. The summed E-state index contributed by atoms with van der Waals surface area (Å²) in [6.45, 7) is 0. The van der Waals surface area contributed by atoms with Crippen molar-refractivity contribution in [2.24, 2.45) is 5.92 Å². The molecular weight excluding hydrogens is 224 g/mol. The van der Waals surface area contributed by atoms with Crippen molar-refractivity contribution < 1.29 is 4.74 Å². The second-order valence-electron chi connectivity index (χ2n) is 4.98. The number of rotatable bonds is 3. The fourth-order valence-corrected chi connectivity index (χ4v) is 2.61. The Balaban J connectivity index is 2.09. The molecule has 1 N–H and O–H groups in total. The quantitative estimate of drug-likeness (QED) is 0.652. The molecule has 0 radical (unpaired) electrons. The number of methoxy groups -OCH3 is 1. The predicted molar refractivity (Wildman–Crippen MR) is 75.7 cm³/mol. The van der Waals surface area contributed by atoms with Crippen molar-refractivity contribution >= 4 is 11.5 Å². The number of amidine groups is 1. The fourth-order valence-electron chi connectivity index (χ4n) is 2.61. The third-order valence-electron chi connectivity index (χ3n) is 3.79. The summed E-state index contributed by atoms with van der Waals surface area (Å²) in [5.41, 5.74) is 1.03. The lowest BCUT2D eigenvalue weighted by atomic mass is 9.88. The zero-order valence-corrected chi connectivity index (χ0v) is 11.3. The first kappa shape index (κ1) is 12.9. The molecule has 0 spiro atoms. The zero-order valence-electron chi connectivity index (χ0n) is 11.3. The van der Waals surface area contributed by atoms with Gasteiger partial charge in [-0.15, -0.1) is 0 Å². The van der Waals surface area contributed by atoms with Gasteiger partial charge in [-0.3, -0.25) is 5.41 Å². The predicted octanol–water partition coefficient (Wildman–Crippen LogP) is 3.69. The molecular formula is C15H22N2O. The van der Waals surface area contributed by atoms with Gasteiger partial charge < -0.3 is 9.64 Å². The van der Waals surface area contributed by atoms with Gasteiger partial charge in [0.1, 0.15) is 11.6 Å². The maximum Gasteiger partial charge on any atom is 0.120 e. The van der Waals surface area contributed by atoms with Gasteiger partial charge in [0.05, 0.1) is 7.11 Å². The van der Waals surface area contributed by atoms with Crippen LogP contribution >= 0.6 is 0 Å². The number of benzene rings is 1. The molecule has 3 heteroatoms. The molecule has 1 aromatic rings. The lowest BCUT2D eigenvalue weighted by Crippen LogP contribution is -2.33. The SMILES string of the molecule is COc1cccc(N(C)C(=N)C2CCCCC2)c1. The molecule has 0 bridgehead atoms. The highest BCUT2D eigenvalue weighted by molar-refractivity contribution is 5.96. The molecule has 1 aliphatic rings. The summed E-state index contributed by atoms with van der Waals surface area (Å²) in [6, 6.07) is 7.91. The summed E-state index contributed by atoms with van der Waals surface area (Å²) in [7, 11) is 3.65. The fraction of sp³-hybridized carbons (Fsp3) is 0.533. The van der Waals surface area contributed by atoms with Crippen LogP contribution in [0.5, 0.6) is 5.75 Å². The van der Waals surface area contributed by atoms with Gasteiger partial charge in [0.2, 0.25) is 0 Å². The molecule has 2 rings (SSSR count). The van der Waals surface area contributed by atoms with Gasteiger partial charge >= 0.3 is 0 Å². The minimum absolute atomic E-state index is 0.426. The number of hydrogen-bond donors (Lipinski definition) is 1. The van der Waals surface area contributed by atoms with Crippen LogP contribution in [0.4, 0.5) is 5.69 Å². The van der Waals surface area contributed by atoms with Gasteiger partial charge in [0, 0.05) is 24.7 Å². The van der Waals surface area contributed by atoms with E-state index in [2.05, 4.69) is 0 Å². The van der Waals surface area contributed by atoms with Crippen molar-refractivity contribution in [2.75, 3.05) is 19.1 Å². The number of nitrogens with one attached hydrogen (secondary N) is 1. The van der Waals surface area contributed by atoms with Crippen LogP contribution < -0.4 is 9.64 Å². The van der Waals surface area contributed by atoms with E-state index in [-0.39, 0.29) is 0 Å². The third kappa shape index (κ3) is 2.84. The molecule has 1 fully saturated rings. The van der Waals surface area contributed by atoms with Crippen LogP contribution in [-0.2, 0) is 0 Å². The normalized spacial score (nSPS) is 16.3. The van der Waals surface area contributed by atoms with E-state index in [1.54, 1.807) is 7.11 Å². The molecule has 1 aromatic carbocycles. The van der Waals surface area contributed by atoms with Gasteiger partial charge in [0.25, 0.3) is 0 Å². The van der Waals surface area contributed by atoms with Crippen molar-refractivity contribution in [3.05, 3.63) is 24.3 Å². The Hall–Kier alpha value is -1.51. The summed E-state index contributed by atoms with van der Waals surface area (Å²) in [5.74, 6) is 2.01. The zero-order chi connectivity index (χ0) is 13.0. The van der Waals surface area contributed by atoms with E-state index in [1.165, 1.54) is 19.3 Å². The van der Waals surface area contributed by atoms with Crippen LogP contribution in [0.25, 0.3) is 0 Å². The van der Waals surface area contributed by atoms with Crippen molar-refractivity contribution in [3.63, 3.8) is 0 Å². The largest absolute Gasteiger partial charge is 0.497 e. The molecule has 0 unspecified atom stereocenters. The first-order chi connectivity index (χ1) is 8.72. The number of anilines is 1. The van der Waals surface area contributed by atoms with Crippen LogP contribution in [-0.4, -0.2) is 20.0 Å². The molecule has 0 saturated heterocycles. The van der Waals surface area contributed by atoms with E-state index in [4.69, 9.17) is 10.1 Å². The first-order valence-electron chi connectivity index (χ1n) is 6.68. The number of hydrogen-bond acceptors (Lipinski definition) is 2. The average Bonchev–Trinajstić information content (AvgIpc) is 2.46.